The second-order valence-electron chi connectivity index (χ2n) is 6.58. The average Bonchev–Trinajstić information content (AvgIpc) is 2.60. The number of hydrogen-bond donors (Lipinski definition) is 0. The van der Waals surface area contributed by atoms with Gasteiger partial charge in [-0.2, -0.15) is 0 Å². The van der Waals surface area contributed by atoms with Gasteiger partial charge < -0.3 is 0 Å². The Morgan fingerprint density at radius 1 is 0.840 bits per heavy atom. The van der Waals surface area contributed by atoms with Crippen LogP contribution in [0.1, 0.15) is 83.1 Å². The number of aryl methyl sites for hydroxylation is 1. The van der Waals surface area contributed by atoms with Crippen molar-refractivity contribution in [3.63, 3.8) is 0 Å². The zero-order valence-corrected chi connectivity index (χ0v) is 16.2. The van der Waals surface area contributed by atoms with Crippen molar-refractivity contribution in [3.05, 3.63) is 40.3 Å². The normalized spacial score (nSPS) is 11.2. The molecule has 0 amide bonds. The molecule has 0 bridgehead atoms. The molecule has 140 valence electrons. The van der Waals surface area contributed by atoms with Crippen molar-refractivity contribution < 1.29 is 8.42 Å². The maximum atomic E-state index is 11.6. The van der Waals surface area contributed by atoms with E-state index in [2.05, 4.69) is 16.4 Å². The summed E-state index contributed by atoms with van der Waals surface area (Å²) in [6.07, 6.45) is 15.4. The van der Waals surface area contributed by atoms with Gasteiger partial charge in [-0.05, 0) is 36.1 Å². The van der Waals surface area contributed by atoms with Crippen LogP contribution in [0, 0.1) is 0 Å². The Hall–Kier alpha value is -1.52. The fourth-order valence-corrected chi connectivity index (χ4v) is 3.59. The third-order valence-electron chi connectivity index (χ3n) is 4.43. The van der Waals surface area contributed by atoms with Gasteiger partial charge >= 0.3 is 0 Å². The first-order valence-electron chi connectivity index (χ1n) is 9.50. The lowest BCUT2D eigenvalue weighted by molar-refractivity contribution is 0.549. The molecule has 1 aromatic rings. The molecule has 0 saturated carbocycles. The van der Waals surface area contributed by atoms with E-state index in [0.29, 0.717) is 0 Å². The predicted octanol–water partition coefficient (Wildman–Crippen LogP) is 6.54. The van der Waals surface area contributed by atoms with Crippen LogP contribution >= 0.6 is 0 Å². The van der Waals surface area contributed by atoms with E-state index in [4.69, 9.17) is 5.53 Å². The van der Waals surface area contributed by atoms with Crippen molar-refractivity contribution in [2.45, 2.75) is 88.9 Å². The Morgan fingerprint density at radius 3 is 1.80 bits per heavy atom. The zero-order valence-electron chi connectivity index (χ0n) is 15.4. The van der Waals surface area contributed by atoms with Crippen LogP contribution in [0.25, 0.3) is 10.4 Å². The van der Waals surface area contributed by atoms with Crippen molar-refractivity contribution >= 4 is 10.0 Å². The van der Waals surface area contributed by atoms with Crippen LogP contribution in [0.2, 0.25) is 0 Å². The van der Waals surface area contributed by atoms with Crippen LogP contribution in [0.4, 0.5) is 0 Å². The van der Waals surface area contributed by atoms with Crippen LogP contribution in [0.15, 0.2) is 33.7 Å². The average molecular weight is 366 g/mol. The second kappa shape index (κ2) is 12.8. The highest BCUT2D eigenvalue weighted by atomic mass is 32.2. The molecule has 0 saturated heterocycles. The molecule has 6 heteroatoms. The largest absolute Gasteiger partial charge is 0.264 e. The minimum absolute atomic E-state index is 0.0491. The Morgan fingerprint density at radius 2 is 1.32 bits per heavy atom. The third kappa shape index (κ3) is 9.51. The van der Waals surface area contributed by atoms with Gasteiger partial charge in [0, 0.05) is 9.43 Å². The highest BCUT2D eigenvalue weighted by molar-refractivity contribution is 7.90. The van der Waals surface area contributed by atoms with Gasteiger partial charge in [0.1, 0.15) is 0 Å². The van der Waals surface area contributed by atoms with Gasteiger partial charge in [0.15, 0.2) is 0 Å². The van der Waals surface area contributed by atoms with Crippen LogP contribution in [0.3, 0.4) is 0 Å². The van der Waals surface area contributed by atoms with Crippen molar-refractivity contribution in [1.82, 2.24) is 0 Å². The molecule has 0 heterocycles. The number of rotatable bonds is 14. The molecule has 0 unspecified atom stereocenters. The fraction of sp³-hybridized carbons (Fsp3) is 0.684. The quantitative estimate of drug-likeness (QED) is 0.162. The fourth-order valence-electron chi connectivity index (χ4n) is 2.92. The summed E-state index contributed by atoms with van der Waals surface area (Å²) in [5, 5.41) is 0. The standard InChI is InChI=1S/C19H31N3O2S/c1-2-3-4-5-6-7-8-9-10-11-12-13-18-14-16-19(17-15-18)25(23,24)22-21-20/h14-17H,2-13H2,1H3. The minimum atomic E-state index is -3.86. The first-order valence-corrected chi connectivity index (χ1v) is 10.9. The number of nitrogens with zero attached hydrogens (tertiary/aromatic N) is 3. The summed E-state index contributed by atoms with van der Waals surface area (Å²) in [6.45, 7) is 2.25. The number of azide groups is 1. The molecule has 5 nitrogen and oxygen atoms in total. The summed E-state index contributed by atoms with van der Waals surface area (Å²) in [6, 6.07) is 6.63. The summed E-state index contributed by atoms with van der Waals surface area (Å²) in [4.78, 5) is 2.40. The third-order valence-corrected chi connectivity index (χ3v) is 5.59. The highest BCUT2D eigenvalue weighted by Crippen LogP contribution is 2.16. The molecular formula is C19H31N3O2S. The molecule has 0 aliphatic rings. The van der Waals surface area contributed by atoms with Crippen LogP contribution in [-0.2, 0) is 16.4 Å². The Balaban J connectivity index is 2.12. The molecule has 0 N–H and O–H groups in total. The van der Waals surface area contributed by atoms with E-state index in [-0.39, 0.29) is 4.90 Å². The van der Waals surface area contributed by atoms with Crippen molar-refractivity contribution in [1.29, 1.82) is 0 Å². The number of benzene rings is 1. The molecule has 0 radical (unpaired) electrons. The van der Waals surface area contributed by atoms with Gasteiger partial charge in [-0.15, -0.1) is 0 Å². The van der Waals surface area contributed by atoms with E-state index < -0.39 is 10.0 Å². The molecule has 0 spiro atoms. The molecule has 0 aliphatic heterocycles. The van der Waals surface area contributed by atoms with Crippen molar-refractivity contribution in [2.24, 2.45) is 4.52 Å². The van der Waals surface area contributed by atoms with Crippen molar-refractivity contribution in [3.8, 4) is 0 Å². The summed E-state index contributed by atoms with van der Waals surface area (Å²) >= 11 is 0. The van der Waals surface area contributed by atoms with Gasteiger partial charge in [-0.25, -0.2) is 8.42 Å². The van der Waals surface area contributed by atoms with E-state index in [1.165, 1.54) is 76.3 Å². The Labute approximate surface area is 152 Å². The number of hydrogen-bond acceptors (Lipinski definition) is 2. The molecule has 0 aromatic heterocycles. The topological polar surface area (TPSA) is 82.9 Å². The first-order chi connectivity index (χ1) is 12.1. The predicted molar refractivity (Wildman–Crippen MR) is 103 cm³/mol. The van der Waals surface area contributed by atoms with E-state index in [1.807, 2.05) is 0 Å². The van der Waals surface area contributed by atoms with Gasteiger partial charge in [0.2, 0.25) is 0 Å². The van der Waals surface area contributed by atoms with Crippen molar-refractivity contribution in [2.75, 3.05) is 0 Å². The summed E-state index contributed by atoms with van der Waals surface area (Å²) in [5.74, 6) is 0. The minimum Gasteiger partial charge on any atom is -0.216 e. The first kappa shape index (κ1) is 21.5. The number of sulfonamides is 1. The molecule has 0 fully saturated rings. The molecular weight excluding hydrogens is 334 g/mol. The second-order valence-corrected chi connectivity index (χ2v) is 8.16. The van der Waals surface area contributed by atoms with Gasteiger partial charge in [-0.3, -0.25) is 0 Å². The number of unbranched alkanes of at least 4 members (excludes halogenated alkanes) is 10. The van der Waals surface area contributed by atoms with E-state index in [9.17, 15) is 8.42 Å². The monoisotopic (exact) mass is 365 g/mol. The molecule has 25 heavy (non-hydrogen) atoms. The van der Waals surface area contributed by atoms with Crippen LogP contribution in [-0.4, -0.2) is 8.42 Å². The van der Waals surface area contributed by atoms with Crippen LogP contribution in [0.5, 0.6) is 0 Å². The molecule has 1 aromatic carbocycles. The maximum absolute atomic E-state index is 11.6. The van der Waals surface area contributed by atoms with Gasteiger partial charge in [-0.1, -0.05) is 83.3 Å². The van der Waals surface area contributed by atoms with Gasteiger partial charge in [0.25, 0.3) is 10.0 Å². The summed E-state index contributed by atoms with van der Waals surface area (Å²) in [5.41, 5.74) is 9.39. The SMILES string of the molecule is CCCCCCCCCCCCCc1ccc(S(=O)(=O)N=[N+]=[N-])cc1. The summed E-state index contributed by atoms with van der Waals surface area (Å²) < 4.78 is 26.0. The lowest BCUT2D eigenvalue weighted by Gasteiger charge is -2.04. The molecule has 1 rings (SSSR count). The lowest BCUT2D eigenvalue weighted by Crippen LogP contribution is -1.95. The highest BCUT2D eigenvalue weighted by Gasteiger charge is 2.10. The maximum Gasteiger partial charge on any atom is 0.264 e. The Kier molecular flexibility index (Phi) is 11.0. The smallest absolute Gasteiger partial charge is 0.216 e. The van der Waals surface area contributed by atoms with E-state index in [1.54, 1.807) is 12.1 Å². The van der Waals surface area contributed by atoms with E-state index >= 15 is 0 Å². The van der Waals surface area contributed by atoms with Gasteiger partial charge in [0.05, 0.1) is 4.90 Å². The zero-order chi connectivity index (χ0) is 18.4. The van der Waals surface area contributed by atoms with Crippen LogP contribution < -0.4 is 0 Å². The molecule has 0 aliphatic carbocycles. The molecule has 0 atom stereocenters. The van der Waals surface area contributed by atoms with E-state index in [0.717, 1.165) is 18.4 Å². The lowest BCUT2D eigenvalue weighted by atomic mass is 10.0. The summed E-state index contributed by atoms with van der Waals surface area (Å²) in [7, 11) is -3.86. The Bertz CT molecular complexity index is 621.